The van der Waals surface area contributed by atoms with E-state index in [0.717, 1.165) is 19.3 Å². The summed E-state index contributed by atoms with van der Waals surface area (Å²) in [6.07, 6.45) is 2.53. The minimum absolute atomic E-state index is 0.000201. The number of hydrogen-bond donors (Lipinski definition) is 0. The van der Waals surface area contributed by atoms with Crippen molar-refractivity contribution in [1.29, 1.82) is 0 Å². The number of likely N-dealkylation sites (tertiary alicyclic amines) is 1. The summed E-state index contributed by atoms with van der Waals surface area (Å²) in [5, 5.41) is 0. The van der Waals surface area contributed by atoms with Crippen LogP contribution in [0.1, 0.15) is 19.3 Å². The summed E-state index contributed by atoms with van der Waals surface area (Å²) in [5.41, 5.74) is 0.0433. The highest BCUT2D eigenvalue weighted by molar-refractivity contribution is 5.79. The first-order valence-electron chi connectivity index (χ1n) is 7.78. The Hall–Kier alpha value is -2.11. The van der Waals surface area contributed by atoms with E-state index >= 15 is 0 Å². The Labute approximate surface area is 134 Å². The zero-order chi connectivity index (χ0) is 16.4. The van der Waals surface area contributed by atoms with Crippen LogP contribution in [0.3, 0.4) is 0 Å². The third-order valence-corrected chi connectivity index (χ3v) is 4.96. The molecule has 6 heteroatoms. The maximum atomic E-state index is 12.8. The number of piperidine rings is 1. The molecule has 5 nitrogen and oxygen atoms in total. The lowest BCUT2D eigenvalue weighted by Crippen LogP contribution is -2.42. The Morgan fingerprint density at radius 1 is 1.26 bits per heavy atom. The monoisotopic (exact) mass is 321 g/mol. The Bertz CT molecular complexity index is 593. The molecule has 2 fully saturated rings. The van der Waals surface area contributed by atoms with Crippen molar-refractivity contribution in [2.75, 3.05) is 26.8 Å². The van der Waals surface area contributed by atoms with E-state index in [1.54, 1.807) is 4.90 Å². The molecular formula is C17H20FNO4. The zero-order valence-electron chi connectivity index (χ0n) is 13.1. The number of esters is 1. The number of nitrogens with zero attached hydrogens (tertiary/aromatic N) is 1. The van der Waals surface area contributed by atoms with Gasteiger partial charge in [-0.1, -0.05) is 0 Å². The highest BCUT2D eigenvalue weighted by Crippen LogP contribution is 2.59. The van der Waals surface area contributed by atoms with Crippen LogP contribution in [0.25, 0.3) is 0 Å². The summed E-state index contributed by atoms with van der Waals surface area (Å²) in [6, 6.07) is 5.59. The van der Waals surface area contributed by atoms with Crippen LogP contribution in [0.15, 0.2) is 24.3 Å². The van der Waals surface area contributed by atoms with Crippen molar-refractivity contribution < 1.29 is 23.5 Å². The molecule has 23 heavy (non-hydrogen) atoms. The topological polar surface area (TPSA) is 55.8 Å². The van der Waals surface area contributed by atoms with E-state index in [0.29, 0.717) is 18.8 Å². The van der Waals surface area contributed by atoms with Gasteiger partial charge in [-0.2, -0.15) is 0 Å². The van der Waals surface area contributed by atoms with Crippen molar-refractivity contribution in [1.82, 2.24) is 4.90 Å². The number of ether oxygens (including phenoxy) is 2. The number of rotatable bonds is 4. The molecule has 0 unspecified atom stereocenters. The summed E-state index contributed by atoms with van der Waals surface area (Å²) in [5.74, 6) is -0.0835. The van der Waals surface area contributed by atoms with Gasteiger partial charge in [0.15, 0.2) is 6.61 Å². The molecule has 0 N–H and O–H groups in total. The lowest BCUT2D eigenvalue weighted by atomic mass is 9.91. The number of halogens is 1. The average Bonchev–Trinajstić information content (AvgIpc) is 3.27. The molecule has 124 valence electrons. The molecule has 1 amide bonds. The van der Waals surface area contributed by atoms with E-state index < -0.39 is 0 Å². The molecule has 1 aromatic carbocycles. The van der Waals surface area contributed by atoms with Gasteiger partial charge < -0.3 is 14.4 Å². The predicted octanol–water partition coefficient (Wildman–Crippen LogP) is 2.01. The smallest absolute Gasteiger partial charge is 0.309 e. The molecular weight excluding hydrogens is 301 g/mol. The van der Waals surface area contributed by atoms with E-state index in [1.165, 1.54) is 31.4 Å². The number of amides is 1. The van der Waals surface area contributed by atoms with Gasteiger partial charge in [0, 0.05) is 13.1 Å². The number of methoxy groups -OCH3 is 1. The van der Waals surface area contributed by atoms with Gasteiger partial charge in [-0.3, -0.25) is 9.59 Å². The van der Waals surface area contributed by atoms with E-state index in [1.807, 2.05) is 0 Å². The van der Waals surface area contributed by atoms with Crippen LogP contribution in [0.4, 0.5) is 4.39 Å². The molecule has 0 aromatic heterocycles. The van der Waals surface area contributed by atoms with Crippen LogP contribution in [-0.4, -0.2) is 43.6 Å². The van der Waals surface area contributed by atoms with Crippen molar-refractivity contribution in [3.63, 3.8) is 0 Å². The maximum absolute atomic E-state index is 12.8. The van der Waals surface area contributed by atoms with Crippen molar-refractivity contribution in [2.45, 2.75) is 19.3 Å². The van der Waals surface area contributed by atoms with Crippen molar-refractivity contribution in [2.24, 2.45) is 11.3 Å². The highest BCUT2D eigenvalue weighted by atomic mass is 19.1. The van der Waals surface area contributed by atoms with Gasteiger partial charge in [0.2, 0.25) is 0 Å². The SMILES string of the molecule is COC(=O)[C@H]1CC12CCN(C(=O)COc1ccc(F)cc1)CC2. The fourth-order valence-electron chi connectivity index (χ4n) is 3.34. The highest BCUT2D eigenvalue weighted by Gasteiger charge is 2.59. The Kier molecular flexibility index (Phi) is 4.24. The van der Waals surface area contributed by atoms with Crippen molar-refractivity contribution in [3.8, 4) is 5.75 Å². The first-order chi connectivity index (χ1) is 11.0. The second kappa shape index (κ2) is 6.18. The maximum Gasteiger partial charge on any atom is 0.309 e. The minimum atomic E-state index is -0.338. The van der Waals surface area contributed by atoms with E-state index in [2.05, 4.69) is 0 Å². The van der Waals surface area contributed by atoms with Crippen LogP contribution in [0, 0.1) is 17.2 Å². The van der Waals surface area contributed by atoms with Gasteiger partial charge in [-0.05, 0) is 48.9 Å². The molecule has 2 aliphatic rings. The summed E-state index contributed by atoms with van der Waals surface area (Å²) >= 11 is 0. The first-order valence-corrected chi connectivity index (χ1v) is 7.78. The fraction of sp³-hybridized carbons (Fsp3) is 0.529. The molecule has 1 atom stereocenters. The number of carbonyl (C=O) groups is 2. The molecule has 1 aromatic rings. The summed E-state index contributed by atoms with van der Waals surface area (Å²) in [6.45, 7) is 1.22. The summed E-state index contributed by atoms with van der Waals surface area (Å²) < 4.78 is 23.0. The zero-order valence-corrected chi connectivity index (χ0v) is 13.1. The predicted molar refractivity (Wildman–Crippen MR) is 80.3 cm³/mol. The van der Waals surface area contributed by atoms with Crippen molar-refractivity contribution in [3.05, 3.63) is 30.1 Å². The third-order valence-electron chi connectivity index (χ3n) is 4.96. The lowest BCUT2D eigenvalue weighted by molar-refractivity contribution is -0.143. The Morgan fingerprint density at radius 2 is 1.91 bits per heavy atom. The largest absolute Gasteiger partial charge is 0.484 e. The lowest BCUT2D eigenvalue weighted by Gasteiger charge is -2.32. The van der Waals surface area contributed by atoms with Gasteiger partial charge in [0.25, 0.3) is 5.91 Å². The van der Waals surface area contributed by atoms with Crippen LogP contribution >= 0.6 is 0 Å². The van der Waals surface area contributed by atoms with E-state index in [-0.39, 0.29) is 35.6 Å². The minimum Gasteiger partial charge on any atom is -0.484 e. The van der Waals surface area contributed by atoms with Gasteiger partial charge in [0.1, 0.15) is 11.6 Å². The van der Waals surface area contributed by atoms with E-state index in [9.17, 15) is 14.0 Å². The van der Waals surface area contributed by atoms with E-state index in [4.69, 9.17) is 9.47 Å². The standard InChI is InChI=1S/C17H20FNO4/c1-22-16(21)14-10-17(14)6-8-19(9-7-17)15(20)11-23-13-4-2-12(18)3-5-13/h2-5,14H,6-11H2,1H3/t14-/m1/s1. The molecule has 1 aliphatic carbocycles. The molecule has 3 rings (SSSR count). The molecule has 1 saturated heterocycles. The molecule has 1 aliphatic heterocycles. The third kappa shape index (κ3) is 3.30. The van der Waals surface area contributed by atoms with Crippen LogP contribution in [0.5, 0.6) is 5.75 Å². The van der Waals surface area contributed by atoms with Crippen LogP contribution in [-0.2, 0) is 14.3 Å². The summed E-state index contributed by atoms with van der Waals surface area (Å²) in [4.78, 5) is 25.5. The van der Waals surface area contributed by atoms with Crippen molar-refractivity contribution >= 4 is 11.9 Å². The van der Waals surface area contributed by atoms with Crippen LogP contribution in [0.2, 0.25) is 0 Å². The van der Waals surface area contributed by atoms with Gasteiger partial charge in [-0.15, -0.1) is 0 Å². The quantitative estimate of drug-likeness (QED) is 0.796. The normalized spacial score (nSPS) is 21.8. The Balaban J connectivity index is 1.45. The first kappa shape index (κ1) is 15.8. The molecule has 0 radical (unpaired) electrons. The molecule has 0 bridgehead atoms. The molecule has 1 spiro atoms. The second-order valence-corrected chi connectivity index (χ2v) is 6.27. The van der Waals surface area contributed by atoms with Crippen LogP contribution < -0.4 is 4.74 Å². The van der Waals surface area contributed by atoms with Gasteiger partial charge in [0.05, 0.1) is 13.0 Å². The number of hydrogen-bond acceptors (Lipinski definition) is 4. The fourth-order valence-corrected chi connectivity index (χ4v) is 3.34. The Morgan fingerprint density at radius 3 is 2.52 bits per heavy atom. The van der Waals surface area contributed by atoms with Gasteiger partial charge in [-0.25, -0.2) is 4.39 Å². The van der Waals surface area contributed by atoms with Gasteiger partial charge >= 0.3 is 5.97 Å². The molecule has 1 heterocycles. The second-order valence-electron chi connectivity index (χ2n) is 6.27. The summed E-state index contributed by atoms with van der Waals surface area (Å²) in [7, 11) is 1.42. The molecule has 1 saturated carbocycles. The number of benzene rings is 1. The number of carbonyl (C=O) groups excluding carboxylic acids is 2. The average molecular weight is 321 g/mol.